The maximum absolute atomic E-state index is 13.3. The first-order valence-electron chi connectivity index (χ1n) is 18.6. The molecule has 0 bridgehead atoms. The molecule has 0 heterocycles. The van der Waals surface area contributed by atoms with Gasteiger partial charge in [0.05, 0.1) is 0 Å². The number of ether oxygens (including phenoxy) is 4. The summed E-state index contributed by atoms with van der Waals surface area (Å²) < 4.78 is 21.7. The van der Waals surface area contributed by atoms with Crippen molar-refractivity contribution in [2.75, 3.05) is 6.54 Å². The summed E-state index contributed by atoms with van der Waals surface area (Å²) in [6.07, 6.45) is 0.177. The Balaban J connectivity index is 2.04. The topological polar surface area (TPSA) is 187 Å². The van der Waals surface area contributed by atoms with Crippen LogP contribution < -0.4 is 21.3 Å². The summed E-state index contributed by atoms with van der Waals surface area (Å²) in [4.78, 5) is 77.8. The molecule has 0 saturated heterocycles. The second-order valence-electron chi connectivity index (χ2n) is 16.2. The van der Waals surface area contributed by atoms with Gasteiger partial charge in [0.25, 0.3) is 0 Å². The fourth-order valence-electron chi connectivity index (χ4n) is 5.03. The molecule has 14 heteroatoms. The number of alkyl carbamates (subject to hydrolysis) is 1. The van der Waals surface area contributed by atoms with Crippen LogP contribution >= 0.6 is 0 Å². The number of hydrogen-bond donors (Lipinski definition) is 4. The van der Waals surface area contributed by atoms with Crippen molar-refractivity contribution in [1.82, 2.24) is 21.3 Å². The minimum atomic E-state index is -1.21. The van der Waals surface area contributed by atoms with E-state index in [9.17, 15) is 28.8 Å². The van der Waals surface area contributed by atoms with Gasteiger partial charge in [0.15, 0.2) is 0 Å². The highest BCUT2D eigenvalue weighted by Gasteiger charge is 2.31. The third-order valence-corrected chi connectivity index (χ3v) is 7.37. The van der Waals surface area contributed by atoms with E-state index in [0.717, 1.165) is 11.1 Å². The van der Waals surface area contributed by atoms with Crippen molar-refractivity contribution < 1.29 is 47.7 Å². The smallest absolute Gasteiger partial charge is 0.408 e. The molecule has 0 spiro atoms. The van der Waals surface area contributed by atoms with Gasteiger partial charge in [-0.15, -0.1) is 0 Å². The van der Waals surface area contributed by atoms with Gasteiger partial charge >= 0.3 is 30.0 Å². The highest BCUT2D eigenvalue weighted by Crippen LogP contribution is 2.15. The molecule has 0 radical (unpaired) electrons. The molecule has 14 nitrogen and oxygen atoms in total. The molecule has 55 heavy (non-hydrogen) atoms. The summed E-state index contributed by atoms with van der Waals surface area (Å²) in [5.41, 5.74) is -0.799. The first kappa shape index (κ1) is 46.0. The van der Waals surface area contributed by atoms with Gasteiger partial charge < -0.3 is 40.2 Å². The Hall–Kier alpha value is -5.14. The number of benzene rings is 2. The summed E-state index contributed by atoms with van der Waals surface area (Å²) in [5.74, 6) is -2.40. The van der Waals surface area contributed by atoms with Crippen LogP contribution in [0.3, 0.4) is 0 Å². The molecule has 0 fully saturated rings. The molecule has 0 aliphatic rings. The highest BCUT2D eigenvalue weighted by atomic mass is 16.6. The number of unbranched alkanes of at least 4 members (excludes halogenated alkanes) is 1. The molecule has 0 saturated carbocycles. The lowest BCUT2D eigenvalue weighted by atomic mass is 10.1. The molecule has 0 aromatic heterocycles. The second-order valence-corrected chi connectivity index (χ2v) is 16.2. The molecular formula is C41H60N4O10. The summed E-state index contributed by atoms with van der Waals surface area (Å²) in [5, 5.41) is 10.7. The fourth-order valence-corrected chi connectivity index (χ4v) is 5.03. The zero-order valence-corrected chi connectivity index (χ0v) is 33.7. The van der Waals surface area contributed by atoms with Crippen LogP contribution in [0.1, 0.15) is 106 Å². The van der Waals surface area contributed by atoms with Gasteiger partial charge in [0.1, 0.15) is 41.5 Å². The number of carbonyl (C=O) groups excluding carboxylic acids is 6. The van der Waals surface area contributed by atoms with E-state index in [1.54, 1.807) is 62.3 Å². The van der Waals surface area contributed by atoms with E-state index in [1.807, 2.05) is 60.7 Å². The van der Waals surface area contributed by atoms with Crippen LogP contribution in [0.25, 0.3) is 0 Å². The van der Waals surface area contributed by atoms with Crippen LogP contribution in [-0.2, 0) is 51.2 Å². The van der Waals surface area contributed by atoms with Crippen molar-refractivity contribution >= 4 is 35.9 Å². The highest BCUT2D eigenvalue weighted by molar-refractivity contribution is 5.88. The third-order valence-electron chi connectivity index (χ3n) is 7.37. The minimum Gasteiger partial charge on any atom is -0.460 e. The van der Waals surface area contributed by atoms with Crippen molar-refractivity contribution in [3.8, 4) is 0 Å². The third kappa shape index (κ3) is 20.8. The van der Waals surface area contributed by atoms with Gasteiger partial charge in [-0.3, -0.25) is 9.59 Å². The summed E-state index contributed by atoms with van der Waals surface area (Å²) >= 11 is 0. The lowest BCUT2D eigenvalue weighted by molar-refractivity contribution is -0.159. The van der Waals surface area contributed by atoms with Gasteiger partial charge in [-0.05, 0) is 99.1 Å². The van der Waals surface area contributed by atoms with E-state index in [4.69, 9.17) is 18.9 Å². The number of esters is 3. The maximum Gasteiger partial charge on any atom is 0.408 e. The number of nitrogens with one attached hydrogen (secondary N) is 4. The number of hydrogen-bond acceptors (Lipinski definition) is 10. The predicted molar refractivity (Wildman–Crippen MR) is 207 cm³/mol. The summed E-state index contributed by atoms with van der Waals surface area (Å²) in [7, 11) is 0. The largest absolute Gasteiger partial charge is 0.460 e. The number of carbonyl (C=O) groups is 6. The molecule has 0 aliphatic carbocycles. The Bertz CT molecular complexity index is 1550. The van der Waals surface area contributed by atoms with Crippen LogP contribution in [0.4, 0.5) is 9.59 Å². The number of amides is 4. The Morgan fingerprint density at radius 2 is 1.07 bits per heavy atom. The molecule has 0 aliphatic heterocycles. The van der Waals surface area contributed by atoms with Crippen LogP contribution in [0, 0.1) is 0 Å². The molecule has 3 atom stereocenters. The molecule has 4 amide bonds. The van der Waals surface area contributed by atoms with Gasteiger partial charge in [-0.1, -0.05) is 60.7 Å². The zero-order valence-electron chi connectivity index (χ0n) is 33.7. The van der Waals surface area contributed by atoms with E-state index < -0.39 is 70.9 Å². The first-order valence-corrected chi connectivity index (χ1v) is 18.6. The van der Waals surface area contributed by atoms with Crippen molar-refractivity contribution in [3.63, 3.8) is 0 Å². The zero-order chi connectivity index (χ0) is 41.2. The monoisotopic (exact) mass is 768 g/mol. The quantitative estimate of drug-likeness (QED) is 0.0839. The molecular weight excluding hydrogens is 708 g/mol. The SMILES string of the molecule is CC(C)(C)OC(=O)CCC(NC(=O)N[C@@H](CCCCNC(=O)[C@H](Cc1ccccc1)NC(=O)OCc1ccccc1)C(=O)OC(C)(C)C)C(=O)OC(C)(C)C. The van der Waals surface area contributed by atoms with Crippen LogP contribution in [-0.4, -0.2) is 77.4 Å². The van der Waals surface area contributed by atoms with E-state index in [2.05, 4.69) is 21.3 Å². The minimum absolute atomic E-state index is 0.0466. The summed E-state index contributed by atoms with van der Waals surface area (Å²) in [6, 6.07) is 14.4. The summed E-state index contributed by atoms with van der Waals surface area (Å²) in [6.45, 7) is 15.6. The number of urea groups is 1. The van der Waals surface area contributed by atoms with Gasteiger partial charge in [-0.25, -0.2) is 19.2 Å². The van der Waals surface area contributed by atoms with E-state index >= 15 is 0 Å². The van der Waals surface area contributed by atoms with Crippen LogP contribution in [0.15, 0.2) is 60.7 Å². The van der Waals surface area contributed by atoms with Crippen molar-refractivity contribution in [3.05, 3.63) is 71.8 Å². The molecule has 304 valence electrons. The molecule has 2 aromatic carbocycles. The van der Waals surface area contributed by atoms with Crippen molar-refractivity contribution in [2.24, 2.45) is 0 Å². The fraction of sp³-hybridized carbons (Fsp3) is 0.561. The lowest BCUT2D eigenvalue weighted by Crippen LogP contribution is -2.53. The van der Waals surface area contributed by atoms with E-state index in [-0.39, 0.29) is 38.8 Å². The lowest BCUT2D eigenvalue weighted by Gasteiger charge is -2.27. The molecule has 1 unspecified atom stereocenters. The van der Waals surface area contributed by atoms with Gasteiger partial charge in [0, 0.05) is 19.4 Å². The Labute approximate surface area is 325 Å². The average molecular weight is 769 g/mol. The van der Waals surface area contributed by atoms with Gasteiger partial charge in [0.2, 0.25) is 5.91 Å². The second kappa shape index (κ2) is 21.7. The normalized spacial score (nSPS) is 13.3. The Morgan fingerprint density at radius 3 is 1.58 bits per heavy atom. The van der Waals surface area contributed by atoms with Crippen LogP contribution in [0.5, 0.6) is 0 Å². The Kier molecular flexibility index (Phi) is 18.1. The van der Waals surface area contributed by atoms with E-state index in [1.165, 1.54) is 0 Å². The van der Waals surface area contributed by atoms with E-state index in [0.29, 0.717) is 12.8 Å². The average Bonchev–Trinajstić information content (AvgIpc) is 3.06. The van der Waals surface area contributed by atoms with Crippen LogP contribution in [0.2, 0.25) is 0 Å². The molecule has 2 rings (SSSR count). The Morgan fingerprint density at radius 1 is 0.582 bits per heavy atom. The first-order chi connectivity index (χ1) is 25.6. The van der Waals surface area contributed by atoms with Crippen molar-refractivity contribution in [2.45, 2.75) is 142 Å². The molecule has 4 N–H and O–H groups in total. The van der Waals surface area contributed by atoms with Gasteiger partial charge in [-0.2, -0.15) is 0 Å². The molecule has 2 aromatic rings. The maximum atomic E-state index is 13.3. The van der Waals surface area contributed by atoms with Crippen molar-refractivity contribution in [1.29, 1.82) is 0 Å². The predicted octanol–water partition coefficient (Wildman–Crippen LogP) is 5.65. The number of rotatable bonds is 18. The standard InChI is InChI=1S/C41H60N4O10/c1-39(2,3)53-33(46)24-23-31(36(49)55-41(7,8)9)44-37(50)43-30(35(48)54-40(4,5)6)22-16-17-25-42-34(47)32(26-28-18-12-10-13-19-28)45-38(51)52-27-29-20-14-11-15-21-29/h10-15,18-21,30-32H,16-17,22-27H2,1-9H3,(H,42,47)(H,45,51)(H2,43,44,50)/t30-,31?,32-/m0/s1.